The second-order valence-electron chi connectivity index (χ2n) is 11.3. The summed E-state index contributed by atoms with van der Waals surface area (Å²) in [6, 6.07) is 13.9. The number of benzene rings is 1. The fraction of sp³-hybridized carbons (Fsp3) is 0.484. The van der Waals surface area contributed by atoms with Crippen LogP contribution in [0.1, 0.15) is 58.7 Å². The van der Waals surface area contributed by atoms with E-state index in [1.807, 2.05) is 55.7 Å². The number of ether oxygens (including phenoxy) is 2. The molecule has 36 heavy (non-hydrogen) atoms. The van der Waals surface area contributed by atoms with Crippen molar-refractivity contribution in [3.63, 3.8) is 0 Å². The molecule has 2 aromatic heterocycles. The summed E-state index contributed by atoms with van der Waals surface area (Å²) in [7, 11) is 0. The molecule has 1 aliphatic rings. The monoisotopic (exact) mass is 487 g/mol. The smallest absolute Gasteiger partial charge is 0.138 e. The lowest BCUT2D eigenvalue weighted by Crippen LogP contribution is -2.38. The number of para-hydroxylation sites is 1. The standard InChI is InChI=1S/C31H41N3O2/c1-22(2)18-27-24(4)32-20-28(30(27)34-16-14-31(5,6)15-17-34)29-13-12-26(19-33-29)36-23(3)21-35-25-10-8-7-9-11-25/h7-13,19-20,22-23H,14-18,21H2,1-6H3. The minimum atomic E-state index is -0.0937. The topological polar surface area (TPSA) is 47.5 Å². The Kier molecular flexibility index (Phi) is 8.17. The van der Waals surface area contributed by atoms with Crippen LogP contribution in [0.15, 0.2) is 54.9 Å². The fourth-order valence-electron chi connectivity index (χ4n) is 4.78. The van der Waals surface area contributed by atoms with Gasteiger partial charge < -0.3 is 14.4 Å². The molecule has 5 heteroatoms. The van der Waals surface area contributed by atoms with Crippen molar-refractivity contribution < 1.29 is 9.47 Å². The molecular weight excluding hydrogens is 446 g/mol. The predicted molar refractivity (Wildman–Crippen MR) is 148 cm³/mol. The SMILES string of the molecule is Cc1ncc(-c2ccc(OC(C)COc3ccccc3)cn2)c(N2CCC(C)(C)CC2)c1CC(C)C. The molecule has 3 heterocycles. The highest BCUT2D eigenvalue weighted by Crippen LogP contribution is 2.40. The zero-order valence-electron chi connectivity index (χ0n) is 22.8. The van der Waals surface area contributed by atoms with Crippen molar-refractivity contribution in [2.24, 2.45) is 11.3 Å². The molecule has 0 radical (unpaired) electrons. The van der Waals surface area contributed by atoms with Crippen molar-refractivity contribution in [2.45, 2.75) is 66.9 Å². The first-order chi connectivity index (χ1) is 17.2. The summed E-state index contributed by atoms with van der Waals surface area (Å²) in [5, 5.41) is 0. The van der Waals surface area contributed by atoms with Crippen LogP contribution in [0, 0.1) is 18.3 Å². The van der Waals surface area contributed by atoms with E-state index in [4.69, 9.17) is 19.4 Å². The molecule has 0 bridgehead atoms. The number of piperidine rings is 1. The van der Waals surface area contributed by atoms with Gasteiger partial charge in [0.25, 0.3) is 0 Å². The van der Waals surface area contributed by atoms with Gasteiger partial charge in [-0.25, -0.2) is 0 Å². The fourth-order valence-corrected chi connectivity index (χ4v) is 4.78. The molecule has 0 amide bonds. The van der Waals surface area contributed by atoms with Crippen LogP contribution in [0.2, 0.25) is 0 Å². The molecule has 0 N–H and O–H groups in total. The van der Waals surface area contributed by atoms with Crippen LogP contribution in [-0.2, 0) is 6.42 Å². The van der Waals surface area contributed by atoms with Gasteiger partial charge in [-0.3, -0.25) is 9.97 Å². The van der Waals surface area contributed by atoms with Crippen LogP contribution in [0.3, 0.4) is 0 Å². The summed E-state index contributed by atoms with van der Waals surface area (Å²) in [5.74, 6) is 2.15. The van der Waals surface area contributed by atoms with Gasteiger partial charge in [0, 0.05) is 30.5 Å². The molecule has 1 aliphatic heterocycles. The average Bonchev–Trinajstić information content (AvgIpc) is 2.85. The lowest BCUT2D eigenvalue weighted by molar-refractivity contribution is 0.142. The quantitative estimate of drug-likeness (QED) is 0.321. The van der Waals surface area contributed by atoms with Gasteiger partial charge in [-0.15, -0.1) is 0 Å². The summed E-state index contributed by atoms with van der Waals surface area (Å²) < 4.78 is 11.9. The van der Waals surface area contributed by atoms with Gasteiger partial charge in [0.2, 0.25) is 0 Å². The molecule has 0 saturated carbocycles. The molecule has 1 aromatic carbocycles. The first-order valence-corrected chi connectivity index (χ1v) is 13.3. The van der Waals surface area contributed by atoms with E-state index in [0.717, 1.165) is 48.0 Å². The van der Waals surface area contributed by atoms with E-state index in [1.54, 1.807) is 0 Å². The number of hydrogen-bond donors (Lipinski definition) is 0. The first kappa shape index (κ1) is 26.0. The zero-order chi connectivity index (χ0) is 25.7. The van der Waals surface area contributed by atoms with Gasteiger partial charge in [0.05, 0.1) is 17.6 Å². The van der Waals surface area contributed by atoms with Crippen LogP contribution in [0.5, 0.6) is 11.5 Å². The Morgan fingerprint density at radius 2 is 1.64 bits per heavy atom. The maximum absolute atomic E-state index is 6.08. The average molecular weight is 488 g/mol. The van der Waals surface area contributed by atoms with Gasteiger partial charge >= 0.3 is 0 Å². The van der Waals surface area contributed by atoms with Gasteiger partial charge in [-0.2, -0.15) is 0 Å². The lowest BCUT2D eigenvalue weighted by atomic mass is 9.82. The van der Waals surface area contributed by atoms with E-state index in [1.165, 1.54) is 24.1 Å². The third kappa shape index (κ3) is 6.57. The summed E-state index contributed by atoms with van der Waals surface area (Å²) in [6.07, 6.45) is 7.13. The van der Waals surface area contributed by atoms with Gasteiger partial charge in [-0.1, -0.05) is 45.9 Å². The zero-order valence-corrected chi connectivity index (χ0v) is 22.8. The third-order valence-corrected chi connectivity index (χ3v) is 6.99. The molecule has 0 spiro atoms. The molecule has 1 fully saturated rings. The Morgan fingerprint density at radius 1 is 0.917 bits per heavy atom. The first-order valence-electron chi connectivity index (χ1n) is 13.3. The molecule has 5 nitrogen and oxygen atoms in total. The largest absolute Gasteiger partial charge is 0.490 e. The molecule has 3 aromatic rings. The van der Waals surface area contributed by atoms with Crippen molar-refractivity contribution in [3.8, 4) is 22.8 Å². The van der Waals surface area contributed by atoms with Gasteiger partial charge in [0.15, 0.2) is 0 Å². The normalized spacial score (nSPS) is 16.1. The lowest BCUT2D eigenvalue weighted by Gasteiger charge is -2.40. The van der Waals surface area contributed by atoms with Gasteiger partial charge in [0.1, 0.15) is 24.2 Å². The summed E-state index contributed by atoms with van der Waals surface area (Å²) >= 11 is 0. The highest BCUT2D eigenvalue weighted by atomic mass is 16.5. The minimum Gasteiger partial charge on any atom is -0.490 e. The Morgan fingerprint density at radius 3 is 2.28 bits per heavy atom. The van der Waals surface area contributed by atoms with E-state index in [-0.39, 0.29) is 6.10 Å². The van der Waals surface area contributed by atoms with Crippen LogP contribution in [0.25, 0.3) is 11.3 Å². The molecule has 0 aliphatic carbocycles. The van der Waals surface area contributed by atoms with E-state index in [0.29, 0.717) is 17.9 Å². The van der Waals surface area contributed by atoms with Crippen LogP contribution in [0.4, 0.5) is 5.69 Å². The van der Waals surface area contributed by atoms with Crippen LogP contribution < -0.4 is 14.4 Å². The van der Waals surface area contributed by atoms with Crippen molar-refractivity contribution in [1.29, 1.82) is 0 Å². The molecule has 4 rings (SSSR count). The Balaban J connectivity index is 1.54. The predicted octanol–water partition coefficient (Wildman–Crippen LogP) is 7.12. The molecule has 192 valence electrons. The summed E-state index contributed by atoms with van der Waals surface area (Å²) in [5.41, 5.74) is 6.25. The summed E-state index contributed by atoms with van der Waals surface area (Å²) in [4.78, 5) is 12.2. The van der Waals surface area contributed by atoms with E-state index >= 15 is 0 Å². The van der Waals surface area contributed by atoms with E-state index in [2.05, 4.69) is 45.6 Å². The number of hydrogen-bond acceptors (Lipinski definition) is 5. The van der Waals surface area contributed by atoms with Crippen LogP contribution >= 0.6 is 0 Å². The molecule has 1 saturated heterocycles. The number of aromatic nitrogens is 2. The van der Waals surface area contributed by atoms with E-state index in [9.17, 15) is 0 Å². The Hall–Kier alpha value is -3.08. The van der Waals surface area contributed by atoms with Crippen LogP contribution in [-0.4, -0.2) is 35.8 Å². The van der Waals surface area contributed by atoms with E-state index < -0.39 is 0 Å². The number of nitrogens with zero attached hydrogens (tertiary/aromatic N) is 3. The third-order valence-electron chi connectivity index (χ3n) is 6.99. The highest BCUT2D eigenvalue weighted by molar-refractivity contribution is 5.79. The second-order valence-corrected chi connectivity index (χ2v) is 11.3. The second kappa shape index (κ2) is 11.3. The Labute approximate surface area is 216 Å². The molecule has 1 unspecified atom stereocenters. The molecular formula is C31H41N3O2. The number of aryl methyl sites for hydroxylation is 1. The number of pyridine rings is 2. The maximum Gasteiger partial charge on any atom is 0.138 e. The van der Waals surface area contributed by atoms with Crippen molar-refractivity contribution in [2.75, 3.05) is 24.6 Å². The molecule has 1 atom stereocenters. The number of rotatable bonds is 9. The number of anilines is 1. The maximum atomic E-state index is 6.08. The minimum absolute atomic E-state index is 0.0937. The van der Waals surface area contributed by atoms with Crippen molar-refractivity contribution in [3.05, 3.63) is 66.1 Å². The Bertz CT molecular complexity index is 1120. The highest BCUT2D eigenvalue weighted by Gasteiger charge is 2.29. The van der Waals surface area contributed by atoms with Crippen molar-refractivity contribution in [1.82, 2.24) is 9.97 Å². The summed E-state index contributed by atoms with van der Waals surface area (Å²) in [6.45, 7) is 16.1. The van der Waals surface area contributed by atoms with Crippen molar-refractivity contribution >= 4 is 5.69 Å². The van der Waals surface area contributed by atoms with Gasteiger partial charge in [-0.05, 0) is 74.3 Å².